The van der Waals surface area contributed by atoms with Crippen LogP contribution in [0.1, 0.15) is 48.5 Å². The highest BCUT2D eigenvalue weighted by molar-refractivity contribution is 8.13. The predicted molar refractivity (Wildman–Crippen MR) is 78.6 cm³/mol. The lowest BCUT2D eigenvalue weighted by Gasteiger charge is -2.08. The molecule has 0 atom stereocenters. The minimum Gasteiger partial charge on any atom is -0.462 e. The summed E-state index contributed by atoms with van der Waals surface area (Å²) in [5.74, 6) is -1.57. The maximum Gasteiger partial charge on any atom is 0.338 e. The Labute approximate surface area is 128 Å². The van der Waals surface area contributed by atoms with Gasteiger partial charge in [-0.15, -0.1) is 0 Å². The zero-order valence-corrected chi connectivity index (χ0v) is 13.6. The first-order valence-electron chi connectivity index (χ1n) is 6.69. The molecule has 118 valence electrons. The van der Waals surface area contributed by atoms with E-state index in [1.54, 1.807) is 0 Å². The van der Waals surface area contributed by atoms with Crippen LogP contribution < -0.4 is 0 Å². The van der Waals surface area contributed by atoms with Crippen molar-refractivity contribution >= 4 is 25.7 Å². The van der Waals surface area contributed by atoms with Gasteiger partial charge >= 0.3 is 5.97 Å². The normalized spacial score (nSPS) is 11.4. The number of carbonyl (C=O) groups excluding carboxylic acids is 1. The van der Waals surface area contributed by atoms with Crippen LogP contribution in [-0.4, -0.2) is 21.0 Å². The molecule has 0 aliphatic rings. The summed E-state index contributed by atoms with van der Waals surface area (Å²) in [5, 5.41) is 0. The van der Waals surface area contributed by atoms with E-state index in [1.165, 1.54) is 6.92 Å². The zero-order valence-electron chi connectivity index (χ0n) is 12.0. The molecule has 0 bridgehead atoms. The maximum atomic E-state index is 13.7. The van der Waals surface area contributed by atoms with Gasteiger partial charge in [-0.1, -0.05) is 26.2 Å². The Bertz CT molecular complexity index is 614. The highest BCUT2D eigenvalue weighted by Crippen LogP contribution is 2.24. The first-order chi connectivity index (χ1) is 9.77. The molecule has 0 fully saturated rings. The summed E-state index contributed by atoms with van der Waals surface area (Å²) < 4.78 is 41.4. The largest absolute Gasteiger partial charge is 0.462 e. The van der Waals surface area contributed by atoms with Crippen LogP contribution in [0.3, 0.4) is 0 Å². The Hall–Kier alpha value is -1.14. The molecule has 21 heavy (non-hydrogen) atoms. The Morgan fingerprint density at radius 2 is 1.95 bits per heavy atom. The predicted octanol–water partition coefficient (Wildman–Crippen LogP) is 3.80. The summed E-state index contributed by atoms with van der Waals surface area (Å²) in [7, 11) is 1.11. The standard InChI is InChI=1S/C14H18ClFO4S/c1-3-4-5-6-7-20-14(17)11-8-12(16)10(2)13(9-11)21(15,18)19/h8-9H,3-7H2,1-2H3. The van der Waals surface area contributed by atoms with Gasteiger partial charge in [-0.2, -0.15) is 0 Å². The summed E-state index contributed by atoms with van der Waals surface area (Å²) in [6.07, 6.45) is 3.77. The molecule has 0 saturated carbocycles. The number of ether oxygens (including phenoxy) is 1. The van der Waals surface area contributed by atoms with Gasteiger partial charge in [0.25, 0.3) is 9.05 Å². The monoisotopic (exact) mass is 336 g/mol. The molecule has 0 heterocycles. The van der Waals surface area contributed by atoms with Crippen molar-refractivity contribution in [3.63, 3.8) is 0 Å². The third kappa shape index (κ3) is 5.28. The third-order valence-corrected chi connectivity index (χ3v) is 4.47. The van der Waals surface area contributed by atoms with Crippen molar-refractivity contribution in [2.45, 2.75) is 44.4 Å². The number of benzene rings is 1. The van der Waals surface area contributed by atoms with Gasteiger partial charge in [0, 0.05) is 16.2 Å². The average Bonchev–Trinajstić information content (AvgIpc) is 2.39. The molecule has 0 amide bonds. The number of esters is 1. The van der Waals surface area contributed by atoms with E-state index in [0.29, 0.717) is 6.42 Å². The lowest BCUT2D eigenvalue weighted by molar-refractivity contribution is 0.0497. The van der Waals surface area contributed by atoms with Crippen LogP contribution in [0.4, 0.5) is 4.39 Å². The van der Waals surface area contributed by atoms with E-state index in [-0.39, 0.29) is 17.7 Å². The first kappa shape index (κ1) is 17.9. The van der Waals surface area contributed by atoms with Crippen molar-refractivity contribution in [1.82, 2.24) is 0 Å². The Balaban J connectivity index is 2.84. The van der Waals surface area contributed by atoms with Crippen molar-refractivity contribution in [1.29, 1.82) is 0 Å². The van der Waals surface area contributed by atoms with Crippen LogP contribution in [0, 0.1) is 12.7 Å². The van der Waals surface area contributed by atoms with Gasteiger partial charge in [0.05, 0.1) is 17.1 Å². The number of hydrogen-bond donors (Lipinski definition) is 0. The zero-order chi connectivity index (χ0) is 16.0. The van der Waals surface area contributed by atoms with E-state index >= 15 is 0 Å². The van der Waals surface area contributed by atoms with Crippen LogP contribution >= 0.6 is 10.7 Å². The second kappa shape index (κ2) is 7.75. The van der Waals surface area contributed by atoms with Gasteiger partial charge in [-0.25, -0.2) is 17.6 Å². The van der Waals surface area contributed by atoms with E-state index in [2.05, 4.69) is 6.92 Å². The molecule has 0 spiro atoms. The Morgan fingerprint density at radius 3 is 2.52 bits per heavy atom. The average molecular weight is 337 g/mol. The van der Waals surface area contributed by atoms with E-state index < -0.39 is 25.7 Å². The van der Waals surface area contributed by atoms with Gasteiger partial charge in [0.15, 0.2) is 0 Å². The number of rotatable bonds is 7. The van der Waals surface area contributed by atoms with Gasteiger partial charge < -0.3 is 4.74 Å². The topological polar surface area (TPSA) is 60.4 Å². The van der Waals surface area contributed by atoms with Gasteiger partial charge in [0.1, 0.15) is 5.82 Å². The molecular weight excluding hydrogens is 319 g/mol. The fourth-order valence-corrected chi connectivity index (χ4v) is 3.01. The SMILES string of the molecule is CCCCCCOC(=O)c1cc(F)c(C)c(S(=O)(=O)Cl)c1. The van der Waals surface area contributed by atoms with Crippen LogP contribution in [0.2, 0.25) is 0 Å². The summed E-state index contributed by atoms with van der Waals surface area (Å²) >= 11 is 0. The van der Waals surface area contributed by atoms with E-state index in [9.17, 15) is 17.6 Å². The molecule has 7 heteroatoms. The molecule has 0 saturated heterocycles. The van der Waals surface area contributed by atoms with E-state index in [1.807, 2.05) is 0 Å². The third-order valence-electron chi connectivity index (χ3n) is 3.03. The molecule has 0 unspecified atom stereocenters. The number of unbranched alkanes of at least 4 members (excludes halogenated alkanes) is 3. The highest BCUT2D eigenvalue weighted by Gasteiger charge is 2.20. The molecular formula is C14H18ClFO4S. The van der Waals surface area contributed by atoms with Crippen LogP contribution in [0.25, 0.3) is 0 Å². The first-order valence-corrected chi connectivity index (χ1v) is 9.00. The van der Waals surface area contributed by atoms with Crippen molar-refractivity contribution in [2.75, 3.05) is 6.61 Å². The van der Waals surface area contributed by atoms with Gasteiger partial charge in [-0.3, -0.25) is 0 Å². The highest BCUT2D eigenvalue weighted by atomic mass is 35.7. The fourth-order valence-electron chi connectivity index (χ4n) is 1.80. The number of carbonyl (C=O) groups is 1. The maximum absolute atomic E-state index is 13.7. The van der Waals surface area contributed by atoms with E-state index in [4.69, 9.17) is 15.4 Å². The molecule has 1 aromatic rings. The van der Waals surface area contributed by atoms with Gasteiger partial charge in [0.2, 0.25) is 0 Å². The van der Waals surface area contributed by atoms with Crippen molar-refractivity contribution in [3.8, 4) is 0 Å². The molecule has 0 aliphatic heterocycles. The second-order valence-corrected chi connectivity index (χ2v) is 7.25. The lowest BCUT2D eigenvalue weighted by Crippen LogP contribution is -2.09. The molecule has 4 nitrogen and oxygen atoms in total. The quantitative estimate of drug-likeness (QED) is 0.431. The summed E-state index contributed by atoms with van der Waals surface area (Å²) in [4.78, 5) is 11.4. The summed E-state index contributed by atoms with van der Waals surface area (Å²) in [6.45, 7) is 3.57. The molecule has 1 aromatic carbocycles. The minimum atomic E-state index is -4.12. The Kier molecular flexibility index (Phi) is 6.61. The smallest absolute Gasteiger partial charge is 0.338 e. The molecule has 0 aromatic heterocycles. The van der Waals surface area contributed by atoms with Crippen LogP contribution in [0.15, 0.2) is 17.0 Å². The summed E-state index contributed by atoms with van der Waals surface area (Å²) in [6, 6.07) is 1.99. The number of halogens is 2. The molecule has 0 radical (unpaired) electrons. The Morgan fingerprint density at radius 1 is 1.29 bits per heavy atom. The van der Waals surface area contributed by atoms with Gasteiger partial charge in [-0.05, 0) is 25.5 Å². The lowest BCUT2D eigenvalue weighted by atomic mass is 10.1. The molecule has 0 N–H and O–H groups in total. The van der Waals surface area contributed by atoms with Crippen molar-refractivity contribution in [2.24, 2.45) is 0 Å². The second-order valence-electron chi connectivity index (χ2n) is 4.72. The van der Waals surface area contributed by atoms with Crippen molar-refractivity contribution < 1.29 is 22.3 Å². The minimum absolute atomic E-state index is 0.121. The van der Waals surface area contributed by atoms with Crippen LogP contribution in [0.5, 0.6) is 0 Å². The fraction of sp³-hybridized carbons (Fsp3) is 0.500. The number of hydrogen-bond acceptors (Lipinski definition) is 4. The summed E-state index contributed by atoms with van der Waals surface area (Å²) in [5.41, 5.74) is -0.280. The molecule has 0 aliphatic carbocycles. The van der Waals surface area contributed by atoms with Crippen LogP contribution in [-0.2, 0) is 13.8 Å². The molecule has 1 rings (SSSR count). The van der Waals surface area contributed by atoms with Crippen molar-refractivity contribution in [3.05, 3.63) is 29.1 Å². The van der Waals surface area contributed by atoms with E-state index in [0.717, 1.165) is 31.4 Å².